The molecular weight excluding hydrogens is 358 g/mol. The van der Waals surface area contributed by atoms with Gasteiger partial charge in [0, 0.05) is 22.2 Å². The van der Waals surface area contributed by atoms with Crippen molar-refractivity contribution in [1.82, 2.24) is 0 Å². The molecule has 2 aromatic rings. The number of hydrogen-bond donors (Lipinski definition) is 1. The van der Waals surface area contributed by atoms with Gasteiger partial charge >= 0.3 is 5.97 Å². The number of carbonyl (C=O) groups excluding carboxylic acids is 1. The van der Waals surface area contributed by atoms with Gasteiger partial charge in [-0.05, 0) is 58.4 Å². The van der Waals surface area contributed by atoms with Gasteiger partial charge in [0.05, 0.1) is 11.1 Å². The fraction of sp³-hybridized carbons (Fsp3) is 0.0667. The van der Waals surface area contributed by atoms with E-state index in [1.165, 1.54) is 17.0 Å². The minimum absolute atomic E-state index is 0.173. The Kier molecular flexibility index (Phi) is 4.65. The van der Waals surface area contributed by atoms with Crippen molar-refractivity contribution in [2.45, 2.75) is 0 Å². The van der Waals surface area contributed by atoms with Gasteiger partial charge in [-0.15, -0.1) is 0 Å². The van der Waals surface area contributed by atoms with Gasteiger partial charge in [-0.25, -0.2) is 4.79 Å². The SMILES string of the molecule is CN(C(=O)c1ccc(Cl)cc1Br)c1ccc(C(=O)O)cc1. The lowest BCUT2D eigenvalue weighted by atomic mass is 10.1. The number of carboxylic acid groups (broad SMARTS) is 1. The zero-order valence-corrected chi connectivity index (χ0v) is 13.4. The summed E-state index contributed by atoms with van der Waals surface area (Å²) in [6, 6.07) is 11.0. The Morgan fingerprint density at radius 1 is 1.14 bits per heavy atom. The van der Waals surface area contributed by atoms with Gasteiger partial charge in [0.2, 0.25) is 0 Å². The molecule has 1 N–H and O–H groups in total. The zero-order chi connectivity index (χ0) is 15.6. The molecule has 2 rings (SSSR count). The molecule has 0 spiro atoms. The summed E-state index contributed by atoms with van der Waals surface area (Å²) < 4.78 is 0.606. The number of aromatic carboxylic acids is 1. The fourth-order valence-electron chi connectivity index (χ4n) is 1.79. The molecule has 1 amide bonds. The number of anilines is 1. The number of nitrogens with zero attached hydrogens (tertiary/aromatic N) is 1. The molecule has 0 aromatic heterocycles. The molecule has 0 radical (unpaired) electrons. The summed E-state index contributed by atoms with van der Waals surface area (Å²) in [6.45, 7) is 0. The minimum Gasteiger partial charge on any atom is -0.478 e. The van der Waals surface area contributed by atoms with Crippen molar-refractivity contribution >= 4 is 45.1 Å². The third-order valence-electron chi connectivity index (χ3n) is 2.97. The Morgan fingerprint density at radius 3 is 2.29 bits per heavy atom. The van der Waals surface area contributed by atoms with Crippen LogP contribution in [0.4, 0.5) is 5.69 Å². The topological polar surface area (TPSA) is 57.6 Å². The largest absolute Gasteiger partial charge is 0.478 e. The summed E-state index contributed by atoms with van der Waals surface area (Å²) in [6.07, 6.45) is 0. The maximum Gasteiger partial charge on any atom is 0.335 e. The number of rotatable bonds is 3. The maximum atomic E-state index is 12.4. The van der Waals surface area contributed by atoms with Gasteiger partial charge in [0.1, 0.15) is 0 Å². The lowest BCUT2D eigenvalue weighted by molar-refractivity contribution is 0.0696. The number of amides is 1. The van der Waals surface area contributed by atoms with Crippen molar-refractivity contribution in [2.75, 3.05) is 11.9 Å². The quantitative estimate of drug-likeness (QED) is 0.888. The van der Waals surface area contributed by atoms with Crippen LogP contribution in [0.5, 0.6) is 0 Å². The predicted octanol–water partition coefficient (Wildman–Crippen LogP) is 4.08. The van der Waals surface area contributed by atoms with Gasteiger partial charge < -0.3 is 10.0 Å². The number of hydrogen-bond acceptors (Lipinski definition) is 2. The first kappa shape index (κ1) is 15.5. The third kappa shape index (κ3) is 3.43. The Bertz CT molecular complexity index is 701. The van der Waals surface area contributed by atoms with Crippen LogP contribution >= 0.6 is 27.5 Å². The lowest BCUT2D eigenvalue weighted by Crippen LogP contribution is -2.26. The molecule has 0 aliphatic carbocycles. The summed E-state index contributed by atoms with van der Waals surface area (Å²) in [5.41, 5.74) is 1.25. The molecule has 0 atom stereocenters. The lowest BCUT2D eigenvalue weighted by Gasteiger charge is -2.18. The number of halogens is 2. The summed E-state index contributed by atoms with van der Waals surface area (Å²) >= 11 is 9.16. The minimum atomic E-state index is -1.00. The van der Waals surface area contributed by atoms with Crippen molar-refractivity contribution < 1.29 is 14.7 Å². The van der Waals surface area contributed by atoms with E-state index in [1.807, 2.05) is 0 Å². The van der Waals surface area contributed by atoms with Crippen molar-refractivity contribution in [1.29, 1.82) is 0 Å². The van der Waals surface area contributed by atoms with Crippen LogP contribution in [0, 0.1) is 0 Å². The number of carboxylic acids is 1. The number of carbonyl (C=O) groups is 2. The van der Waals surface area contributed by atoms with Crippen LogP contribution < -0.4 is 4.90 Å². The first-order valence-electron chi connectivity index (χ1n) is 5.96. The second kappa shape index (κ2) is 6.28. The molecule has 0 aliphatic rings. The van der Waals surface area contributed by atoms with Gasteiger partial charge in [-0.2, -0.15) is 0 Å². The van der Waals surface area contributed by atoms with Gasteiger partial charge in [-0.3, -0.25) is 4.79 Å². The molecule has 0 fully saturated rings. The van der Waals surface area contributed by atoms with Crippen LogP contribution in [0.25, 0.3) is 0 Å². The van der Waals surface area contributed by atoms with E-state index in [2.05, 4.69) is 15.9 Å². The van der Waals surface area contributed by atoms with E-state index < -0.39 is 5.97 Å². The second-order valence-corrected chi connectivity index (χ2v) is 5.63. The highest BCUT2D eigenvalue weighted by Gasteiger charge is 2.16. The molecule has 0 unspecified atom stereocenters. The van der Waals surface area contributed by atoms with Gasteiger partial charge in [-0.1, -0.05) is 11.6 Å². The smallest absolute Gasteiger partial charge is 0.335 e. The molecule has 0 aliphatic heterocycles. The summed E-state index contributed by atoms with van der Waals surface area (Å²) in [5.74, 6) is -1.22. The van der Waals surface area contributed by atoms with E-state index in [1.54, 1.807) is 37.4 Å². The van der Waals surface area contributed by atoms with Crippen LogP contribution in [-0.4, -0.2) is 24.0 Å². The highest BCUT2D eigenvalue weighted by Crippen LogP contribution is 2.24. The van der Waals surface area contributed by atoms with Crippen LogP contribution in [0.2, 0.25) is 5.02 Å². The third-order valence-corrected chi connectivity index (χ3v) is 3.86. The Balaban J connectivity index is 2.28. The first-order chi connectivity index (χ1) is 9.90. The average Bonchev–Trinajstić information content (AvgIpc) is 2.46. The van der Waals surface area contributed by atoms with E-state index in [9.17, 15) is 9.59 Å². The molecule has 0 saturated carbocycles. The monoisotopic (exact) mass is 367 g/mol. The van der Waals surface area contributed by atoms with E-state index in [4.69, 9.17) is 16.7 Å². The predicted molar refractivity (Wildman–Crippen MR) is 85.3 cm³/mol. The Morgan fingerprint density at radius 2 is 1.76 bits per heavy atom. The van der Waals surface area contributed by atoms with Crippen molar-refractivity contribution in [2.24, 2.45) is 0 Å². The first-order valence-corrected chi connectivity index (χ1v) is 7.13. The normalized spacial score (nSPS) is 10.2. The van der Waals surface area contributed by atoms with Crippen molar-refractivity contribution in [3.8, 4) is 0 Å². The number of benzene rings is 2. The molecule has 6 heteroatoms. The van der Waals surface area contributed by atoms with Crippen LogP contribution in [0.15, 0.2) is 46.9 Å². The molecular formula is C15H11BrClNO3. The Labute approximate surface area is 135 Å². The van der Waals surface area contributed by atoms with E-state index in [0.717, 1.165) is 0 Å². The van der Waals surface area contributed by atoms with E-state index >= 15 is 0 Å². The Hall–Kier alpha value is -1.85. The van der Waals surface area contributed by atoms with E-state index in [-0.39, 0.29) is 11.5 Å². The summed E-state index contributed by atoms with van der Waals surface area (Å²) in [4.78, 5) is 24.7. The van der Waals surface area contributed by atoms with Crippen molar-refractivity contribution in [3.63, 3.8) is 0 Å². The fourth-order valence-corrected chi connectivity index (χ4v) is 2.64. The highest BCUT2D eigenvalue weighted by atomic mass is 79.9. The molecule has 21 heavy (non-hydrogen) atoms. The van der Waals surface area contributed by atoms with Crippen LogP contribution in [-0.2, 0) is 0 Å². The van der Waals surface area contributed by atoms with Gasteiger partial charge in [0.25, 0.3) is 5.91 Å². The summed E-state index contributed by atoms with van der Waals surface area (Å²) in [7, 11) is 1.62. The average molecular weight is 369 g/mol. The van der Waals surface area contributed by atoms with Crippen LogP contribution in [0.1, 0.15) is 20.7 Å². The standard InChI is InChI=1S/C15H11BrClNO3/c1-18(11-5-2-9(3-6-11)15(20)21)14(19)12-7-4-10(17)8-13(12)16/h2-8H,1H3,(H,20,21). The molecule has 4 nitrogen and oxygen atoms in total. The molecule has 0 saturated heterocycles. The molecule has 0 bridgehead atoms. The molecule has 2 aromatic carbocycles. The van der Waals surface area contributed by atoms with Crippen molar-refractivity contribution in [3.05, 3.63) is 63.1 Å². The maximum absolute atomic E-state index is 12.4. The molecule has 0 heterocycles. The highest BCUT2D eigenvalue weighted by molar-refractivity contribution is 9.10. The zero-order valence-electron chi connectivity index (χ0n) is 11.0. The van der Waals surface area contributed by atoms with Crippen LogP contribution in [0.3, 0.4) is 0 Å². The van der Waals surface area contributed by atoms with E-state index in [0.29, 0.717) is 20.7 Å². The second-order valence-electron chi connectivity index (χ2n) is 4.34. The van der Waals surface area contributed by atoms with Gasteiger partial charge in [0.15, 0.2) is 0 Å². The molecule has 108 valence electrons. The summed E-state index contributed by atoms with van der Waals surface area (Å²) in [5, 5.41) is 9.40.